The Hall–Kier alpha value is -2.96. The highest BCUT2D eigenvalue weighted by molar-refractivity contribution is 5.96. The zero-order valence-electron chi connectivity index (χ0n) is 14.1. The first kappa shape index (κ1) is 15.9. The Morgan fingerprint density at radius 3 is 2.71 bits per heavy atom. The number of hydrogen-bond donors (Lipinski definition) is 2. The van der Waals surface area contributed by atoms with Crippen molar-refractivity contribution >= 4 is 22.5 Å². The summed E-state index contributed by atoms with van der Waals surface area (Å²) in [6.07, 6.45) is 0. The molecular weight excluding hydrogens is 306 g/mol. The largest absolute Gasteiger partial charge is 0.493 e. The van der Waals surface area contributed by atoms with Crippen molar-refractivity contribution < 1.29 is 9.90 Å². The van der Waals surface area contributed by atoms with Crippen molar-refractivity contribution in [2.24, 2.45) is 10.2 Å². The molecule has 0 bridgehead atoms. The number of rotatable bonds is 3. The second-order valence-electron chi connectivity index (χ2n) is 5.93. The van der Waals surface area contributed by atoms with Gasteiger partial charge in [-0.3, -0.25) is 9.48 Å². The summed E-state index contributed by atoms with van der Waals surface area (Å²) in [5, 5.41) is 22.7. The van der Waals surface area contributed by atoms with Gasteiger partial charge in [0.2, 0.25) is 5.88 Å². The van der Waals surface area contributed by atoms with Crippen molar-refractivity contribution in [3.05, 3.63) is 40.7 Å². The van der Waals surface area contributed by atoms with Gasteiger partial charge in [-0.25, -0.2) is 0 Å². The molecule has 0 aliphatic heterocycles. The molecule has 0 saturated carbocycles. The van der Waals surface area contributed by atoms with Crippen LogP contribution in [0.4, 0.5) is 5.69 Å². The van der Waals surface area contributed by atoms with Crippen LogP contribution >= 0.6 is 0 Å². The molecule has 2 aromatic heterocycles. The summed E-state index contributed by atoms with van der Waals surface area (Å²) < 4.78 is 1.58. The second kappa shape index (κ2) is 5.92. The lowest BCUT2D eigenvalue weighted by molar-refractivity contribution is -0.119. The molecule has 7 heteroatoms. The highest BCUT2D eigenvalue weighted by Crippen LogP contribution is 2.37. The van der Waals surface area contributed by atoms with E-state index >= 15 is 0 Å². The molecule has 0 aliphatic rings. The number of amides is 1. The van der Waals surface area contributed by atoms with Gasteiger partial charge in [0.05, 0.1) is 11.2 Å². The average molecular weight is 325 g/mol. The van der Waals surface area contributed by atoms with Crippen molar-refractivity contribution in [2.75, 3.05) is 0 Å². The number of azo groups is 1. The number of benzene rings is 1. The number of carbonyl (C=O) groups is 1. The van der Waals surface area contributed by atoms with E-state index in [1.54, 1.807) is 4.68 Å². The first-order valence-electron chi connectivity index (χ1n) is 7.63. The summed E-state index contributed by atoms with van der Waals surface area (Å²) >= 11 is 0. The van der Waals surface area contributed by atoms with Crippen molar-refractivity contribution in [2.45, 2.75) is 34.2 Å². The Bertz CT molecular complexity index is 965. The molecule has 24 heavy (non-hydrogen) atoms. The van der Waals surface area contributed by atoms with Crippen LogP contribution in [0.15, 0.2) is 28.4 Å². The number of aromatic amines is 1. The maximum atomic E-state index is 12.0. The monoisotopic (exact) mass is 325 g/mol. The highest BCUT2D eigenvalue weighted by atomic mass is 16.3. The number of nitrogens with zero attached hydrogens (tertiary/aromatic N) is 4. The summed E-state index contributed by atoms with van der Waals surface area (Å²) in [7, 11) is 0. The van der Waals surface area contributed by atoms with E-state index in [0.29, 0.717) is 0 Å². The molecule has 3 rings (SSSR count). The van der Waals surface area contributed by atoms with Crippen LogP contribution in [0, 0.1) is 27.7 Å². The number of aromatic nitrogens is 3. The number of carbonyl (C=O) groups excluding carboxylic acids is 1. The molecule has 0 atom stereocenters. The topological polar surface area (TPSA) is 95.6 Å². The molecule has 0 saturated heterocycles. The van der Waals surface area contributed by atoms with Gasteiger partial charge in [0.15, 0.2) is 5.69 Å². The molecule has 3 aromatic rings. The van der Waals surface area contributed by atoms with Gasteiger partial charge in [-0.1, -0.05) is 12.1 Å². The minimum Gasteiger partial charge on any atom is -0.493 e. The van der Waals surface area contributed by atoms with Crippen LogP contribution in [-0.2, 0) is 11.3 Å². The Kier molecular flexibility index (Phi) is 3.92. The van der Waals surface area contributed by atoms with Crippen LogP contribution in [0.5, 0.6) is 5.88 Å². The van der Waals surface area contributed by atoms with Gasteiger partial charge >= 0.3 is 0 Å². The predicted molar refractivity (Wildman–Crippen MR) is 90.7 cm³/mol. The lowest BCUT2D eigenvalue weighted by Gasteiger charge is -2.00. The fourth-order valence-corrected chi connectivity index (χ4v) is 2.68. The van der Waals surface area contributed by atoms with Crippen LogP contribution in [0.3, 0.4) is 0 Å². The Labute approximate surface area is 139 Å². The van der Waals surface area contributed by atoms with Crippen LogP contribution < -0.4 is 0 Å². The van der Waals surface area contributed by atoms with E-state index in [1.807, 2.05) is 45.9 Å². The van der Waals surface area contributed by atoms with Gasteiger partial charge in [0.1, 0.15) is 6.54 Å². The summed E-state index contributed by atoms with van der Waals surface area (Å²) in [4.78, 5) is 14.9. The van der Waals surface area contributed by atoms with Crippen LogP contribution in [-0.4, -0.2) is 25.8 Å². The lowest BCUT2D eigenvalue weighted by atomic mass is 10.1. The summed E-state index contributed by atoms with van der Waals surface area (Å²) in [6, 6.07) is 5.69. The minimum atomic E-state index is -0.432. The fourth-order valence-electron chi connectivity index (χ4n) is 2.68. The van der Waals surface area contributed by atoms with Gasteiger partial charge in [-0.2, -0.15) is 5.10 Å². The van der Waals surface area contributed by atoms with Crippen molar-refractivity contribution in [1.29, 1.82) is 0 Å². The molecule has 0 aliphatic carbocycles. The zero-order chi connectivity index (χ0) is 17.4. The maximum Gasteiger partial charge on any atom is 0.286 e. The van der Waals surface area contributed by atoms with E-state index in [2.05, 4.69) is 20.3 Å². The van der Waals surface area contributed by atoms with E-state index in [1.165, 1.54) is 0 Å². The zero-order valence-corrected chi connectivity index (χ0v) is 14.1. The van der Waals surface area contributed by atoms with E-state index in [0.717, 1.165) is 33.4 Å². The van der Waals surface area contributed by atoms with Gasteiger partial charge in [0, 0.05) is 11.1 Å². The van der Waals surface area contributed by atoms with Gasteiger partial charge in [0.25, 0.3) is 5.91 Å². The molecule has 2 N–H and O–H groups in total. The smallest absolute Gasteiger partial charge is 0.286 e. The number of hydrogen-bond acceptors (Lipinski definition) is 4. The molecule has 0 fully saturated rings. The minimum absolute atomic E-state index is 0.0183. The molecule has 0 radical (unpaired) electrons. The molecule has 0 spiro atoms. The molecule has 0 unspecified atom stereocenters. The number of fused-ring (bicyclic) bond motifs is 1. The number of aryl methyl sites for hydroxylation is 4. The predicted octanol–water partition coefficient (Wildman–Crippen LogP) is 3.61. The fraction of sp³-hybridized carbons (Fsp3) is 0.294. The van der Waals surface area contributed by atoms with E-state index < -0.39 is 5.91 Å². The summed E-state index contributed by atoms with van der Waals surface area (Å²) in [6.45, 7) is 7.71. The SMILES string of the molecule is Cc1cc(C)n(CC(=O)N=Nc2c(O)[nH]c3c(C)c(C)ccc23)n1. The van der Waals surface area contributed by atoms with Crippen LogP contribution in [0.2, 0.25) is 0 Å². The van der Waals surface area contributed by atoms with Crippen LogP contribution in [0.25, 0.3) is 10.9 Å². The van der Waals surface area contributed by atoms with Crippen LogP contribution in [0.1, 0.15) is 22.5 Å². The Morgan fingerprint density at radius 1 is 1.29 bits per heavy atom. The lowest BCUT2D eigenvalue weighted by Crippen LogP contribution is -2.10. The summed E-state index contributed by atoms with van der Waals surface area (Å²) in [5.41, 5.74) is 4.93. The van der Waals surface area contributed by atoms with E-state index in [9.17, 15) is 9.90 Å². The molecular formula is C17H19N5O2. The third kappa shape index (κ3) is 2.80. The van der Waals surface area contributed by atoms with E-state index in [-0.39, 0.29) is 18.1 Å². The highest BCUT2D eigenvalue weighted by Gasteiger charge is 2.14. The quantitative estimate of drug-likeness (QED) is 0.720. The molecule has 2 heterocycles. The standard InChI is InChI=1S/C17H19N5O2/c1-9-5-6-13-15(12(9)4)18-17(24)16(13)20-19-14(23)8-22-11(3)7-10(2)21-22/h5-7,18,24H,8H2,1-4H3. The molecule has 7 nitrogen and oxygen atoms in total. The average Bonchev–Trinajstić information content (AvgIpc) is 3.00. The number of aromatic hydroxyl groups is 1. The second-order valence-corrected chi connectivity index (χ2v) is 5.93. The number of nitrogens with one attached hydrogen (secondary N) is 1. The van der Waals surface area contributed by atoms with E-state index in [4.69, 9.17) is 0 Å². The number of H-pyrrole nitrogens is 1. The van der Waals surface area contributed by atoms with Gasteiger partial charge in [-0.05, 0) is 44.9 Å². The summed E-state index contributed by atoms with van der Waals surface area (Å²) in [5.74, 6) is -0.528. The third-order valence-corrected chi connectivity index (χ3v) is 4.11. The first-order chi connectivity index (χ1) is 11.4. The Morgan fingerprint density at radius 2 is 2.04 bits per heavy atom. The molecule has 124 valence electrons. The van der Waals surface area contributed by atoms with Gasteiger partial charge < -0.3 is 10.1 Å². The third-order valence-electron chi connectivity index (χ3n) is 4.11. The normalized spacial score (nSPS) is 11.7. The first-order valence-corrected chi connectivity index (χ1v) is 7.63. The molecule has 1 amide bonds. The Balaban J connectivity index is 1.88. The van der Waals surface area contributed by atoms with Gasteiger partial charge in [-0.15, -0.1) is 10.2 Å². The van der Waals surface area contributed by atoms with Crippen molar-refractivity contribution in [1.82, 2.24) is 14.8 Å². The van der Waals surface area contributed by atoms with Crippen molar-refractivity contribution in [3.8, 4) is 5.88 Å². The maximum absolute atomic E-state index is 12.0. The van der Waals surface area contributed by atoms with Crippen molar-refractivity contribution in [3.63, 3.8) is 0 Å². The molecule has 1 aromatic carbocycles.